The van der Waals surface area contributed by atoms with Gasteiger partial charge in [0.15, 0.2) is 0 Å². The molecular weight excluding hydrogens is 249 g/mol. The van der Waals surface area contributed by atoms with Crippen LogP contribution in [0, 0.1) is 5.92 Å². The zero-order valence-corrected chi connectivity index (χ0v) is 11.1. The molecule has 1 heterocycles. The van der Waals surface area contributed by atoms with Gasteiger partial charge in [-0.1, -0.05) is 0 Å². The minimum absolute atomic E-state index is 0.234. The van der Waals surface area contributed by atoms with Crippen LogP contribution in [0.1, 0.15) is 27.2 Å². The fraction of sp³-hybridized carbons (Fsp3) is 0.900. The first-order chi connectivity index (χ1) is 7.57. The van der Waals surface area contributed by atoms with E-state index in [1.54, 1.807) is 20.8 Å². The summed E-state index contributed by atoms with van der Waals surface area (Å²) in [5.74, 6) is -0.857. The second-order valence-corrected chi connectivity index (χ2v) is 6.70. The minimum Gasteiger partial charge on any atom is -0.444 e. The van der Waals surface area contributed by atoms with E-state index >= 15 is 0 Å². The highest BCUT2D eigenvalue weighted by Gasteiger charge is 2.32. The number of ether oxygens (including phenoxy) is 1. The van der Waals surface area contributed by atoms with Crippen molar-refractivity contribution in [2.45, 2.75) is 32.8 Å². The highest BCUT2D eigenvalue weighted by molar-refractivity contribution is 7.86. The Morgan fingerprint density at radius 2 is 2.06 bits per heavy atom. The van der Waals surface area contributed by atoms with Crippen molar-refractivity contribution in [3.05, 3.63) is 0 Å². The number of likely N-dealkylation sites (tertiary alicyclic amines) is 1. The van der Waals surface area contributed by atoms with Crippen LogP contribution < -0.4 is 0 Å². The van der Waals surface area contributed by atoms with Crippen molar-refractivity contribution in [2.75, 3.05) is 18.8 Å². The Balaban J connectivity index is 2.48. The van der Waals surface area contributed by atoms with Crippen LogP contribution in [-0.2, 0) is 15.0 Å². The topological polar surface area (TPSA) is 63.7 Å². The number of hydrogen-bond donors (Lipinski definition) is 0. The normalized spacial score (nSPS) is 21.6. The standard InChI is InChI=1S/C10H18FNO4S/c1-10(2,3)16-9(13)12-5-4-8(6-12)7-17(11,14)15/h8H,4-7H2,1-3H3/t8-/m1/s1. The van der Waals surface area contributed by atoms with Crippen molar-refractivity contribution in [2.24, 2.45) is 5.92 Å². The molecule has 0 saturated carbocycles. The summed E-state index contributed by atoms with van der Waals surface area (Å²) in [5.41, 5.74) is -0.582. The van der Waals surface area contributed by atoms with Gasteiger partial charge in [-0.3, -0.25) is 0 Å². The Morgan fingerprint density at radius 1 is 1.47 bits per heavy atom. The first-order valence-corrected chi connectivity index (χ1v) is 7.02. The average Bonchev–Trinajstić information content (AvgIpc) is 2.45. The van der Waals surface area contributed by atoms with E-state index in [1.807, 2.05) is 0 Å². The largest absolute Gasteiger partial charge is 0.444 e. The highest BCUT2D eigenvalue weighted by Crippen LogP contribution is 2.21. The zero-order valence-electron chi connectivity index (χ0n) is 10.3. The molecule has 1 aliphatic rings. The fourth-order valence-corrected chi connectivity index (χ4v) is 2.58. The Kier molecular flexibility index (Phi) is 4.01. The van der Waals surface area contributed by atoms with Crippen LogP contribution in [0.25, 0.3) is 0 Å². The molecule has 17 heavy (non-hydrogen) atoms. The summed E-state index contributed by atoms with van der Waals surface area (Å²) in [7, 11) is -4.47. The van der Waals surface area contributed by atoms with E-state index in [1.165, 1.54) is 4.90 Å². The quantitative estimate of drug-likeness (QED) is 0.712. The summed E-state index contributed by atoms with van der Waals surface area (Å²) in [6, 6.07) is 0. The molecule has 1 amide bonds. The van der Waals surface area contributed by atoms with Crippen molar-refractivity contribution in [3.8, 4) is 0 Å². The summed E-state index contributed by atoms with van der Waals surface area (Å²) in [4.78, 5) is 13.1. The van der Waals surface area contributed by atoms with Crippen molar-refractivity contribution in [3.63, 3.8) is 0 Å². The summed E-state index contributed by atoms with van der Waals surface area (Å²) in [6.07, 6.45) is 0.0128. The third-order valence-corrected chi connectivity index (χ3v) is 3.24. The first kappa shape index (κ1) is 14.2. The van der Waals surface area contributed by atoms with Gasteiger partial charge in [-0.2, -0.15) is 8.42 Å². The third kappa shape index (κ3) is 5.34. The molecule has 0 radical (unpaired) electrons. The van der Waals surface area contributed by atoms with Crippen LogP contribution in [0.3, 0.4) is 0 Å². The first-order valence-electron chi connectivity index (χ1n) is 5.47. The molecule has 0 bridgehead atoms. The molecule has 1 rings (SSSR count). The molecule has 0 aromatic carbocycles. The van der Waals surface area contributed by atoms with E-state index in [0.717, 1.165) is 0 Å². The molecule has 100 valence electrons. The molecule has 5 nitrogen and oxygen atoms in total. The molecule has 1 aliphatic heterocycles. The molecule has 1 atom stereocenters. The lowest BCUT2D eigenvalue weighted by Gasteiger charge is -2.24. The number of amides is 1. The van der Waals surface area contributed by atoms with E-state index < -0.39 is 27.7 Å². The molecule has 0 aliphatic carbocycles. The summed E-state index contributed by atoms with van der Waals surface area (Å²) < 4.78 is 38.6. The van der Waals surface area contributed by atoms with Gasteiger partial charge in [0.25, 0.3) is 0 Å². The van der Waals surface area contributed by atoms with Crippen LogP contribution >= 0.6 is 0 Å². The number of carbonyl (C=O) groups excluding carboxylic acids is 1. The van der Waals surface area contributed by atoms with E-state index in [-0.39, 0.29) is 12.5 Å². The summed E-state index contributed by atoms with van der Waals surface area (Å²) in [5, 5.41) is 0. The molecule has 0 aromatic heterocycles. The monoisotopic (exact) mass is 267 g/mol. The van der Waals surface area contributed by atoms with Gasteiger partial charge in [0.05, 0.1) is 5.75 Å². The Bertz CT molecular complexity index is 388. The van der Waals surface area contributed by atoms with E-state index in [9.17, 15) is 17.1 Å². The lowest BCUT2D eigenvalue weighted by molar-refractivity contribution is 0.0289. The number of rotatable bonds is 2. The number of carbonyl (C=O) groups is 1. The highest BCUT2D eigenvalue weighted by atomic mass is 32.3. The molecule has 0 aromatic rings. The number of nitrogens with zero attached hydrogens (tertiary/aromatic N) is 1. The van der Waals surface area contributed by atoms with Crippen molar-refractivity contribution >= 4 is 16.3 Å². The maximum Gasteiger partial charge on any atom is 0.410 e. The molecule has 0 spiro atoms. The van der Waals surface area contributed by atoms with Gasteiger partial charge in [0.2, 0.25) is 0 Å². The van der Waals surface area contributed by atoms with E-state index in [2.05, 4.69) is 0 Å². The SMILES string of the molecule is CC(C)(C)OC(=O)N1CC[C@@H](CS(=O)(=O)F)C1. The van der Waals surface area contributed by atoms with Gasteiger partial charge in [-0.25, -0.2) is 4.79 Å². The van der Waals surface area contributed by atoms with Crippen LogP contribution in [0.4, 0.5) is 8.68 Å². The Hall–Kier alpha value is -0.850. The Morgan fingerprint density at radius 3 is 2.53 bits per heavy atom. The van der Waals surface area contributed by atoms with Gasteiger partial charge >= 0.3 is 16.3 Å². The van der Waals surface area contributed by atoms with Gasteiger partial charge in [0.1, 0.15) is 5.60 Å². The molecule has 7 heteroatoms. The van der Waals surface area contributed by atoms with Gasteiger partial charge in [0, 0.05) is 13.1 Å². The molecule has 1 fully saturated rings. The van der Waals surface area contributed by atoms with Crippen LogP contribution in [0.2, 0.25) is 0 Å². The maximum atomic E-state index is 12.5. The van der Waals surface area contributed by atoms with Gasteiger partial charge in [-0.05, 0) is 33.1 Å². The molecule has 1 saturated heterocycles. The lowest BCUT2D eigenvalue weighted by Crippen LogP contribution is -2.35. The second-order valence-electron chi connectivity index (χ2n) is 5.29. The molecule has 0 N–H and O–H groups in total. The van der Waals surface area contributed by atoms with E-state index in [4.69, 9.17) is 4.74 Å². The van der Waals surface area contributed by atoms with Crippen molar-refractivity contribution < 1.29 is 21.8 Å². The van der Waals surface area contributed by atoms with Crippen molar-refractivity contribution in [1.82, 2.24) is 4.90 Å². The predicted molar refractivity (Wildman–Crippen MR) is 60.8 cm³/mol. The van der Waals surface area contributed by atoms with E-state index in [0.29, 0.717) is 13.0 Å². The van der Waals surface area contributed by atoms with Gasteiger partial charge < -0.3 is 9.64 Å². The van der Waals surface area contributed by atoms with Gasteiger partial charge in [-0.15, -0.1) is 3.89 Å². The molecular formula is C10H18FNO4S. The summed E-state index contributed by atoms with van der Waals surface area (Å²) >= 11 is 0. The van der Waals surface area contributed by atoms with Crippen LogP contribution in [0.5, 0.6) is 0 Å². The third-order valence-electron chi connectivity index (χ3n) is 2.37. The maximum absolute atomic E-state index is 12.5. The lowest BCUT2D eigenvalue weighted by atomic mass is 10.2. The number of halogens is 1. The second kappa shape index (κ2) is 4.80. The molecule has 0 unspecified atom stereocenters. The van der Waals surface area contributed by atoms with Crippen LogP contribution in [0.15, 0.2) is 0 Å². The average molecular weight is 267 g/mol. The predicted octanol–water partition coefficient (Wildman–Crippen LogP) is 1.54. The van der Waals surface area contributed by atoms with Crippen molar-refractivity contribution in [1.29, 1.82) is 0 Å². The summed E-state index contributed by atoms with van der Waals surface area (Å²) in [6.45, 7) is 5.91. The minimum atomic E-state index is -4.47. The fourth-order valence-electron chi connectivity index (χ4n) is 1.74. The Labute approximate surface area is 101 Å². The number of hydrogen-bond acceptors (Lipinski definition) is 4. The smallest absolute Gasteiger partial charge is 0.410 e. The zero-order chi connectivity index (χ0) is 13.3. The van der Waals surface area contributed by atoms with Crippen LogP contribution in [-0.4, -0.2) is 43.9 Å².